The van der Waals surface area contributed by atoms with Crippen molar-refractivity contribution in [2.75, 3.05) is 0 Å². The Bertz CT molecular complexity index is 3290. The van der Waals surface area contributed by atoms with Crippen molar-refractivity contribution < 1.29 is 0 Å². The lowest BCUT2D eigenvalue weighted by molar-refractivity contribution is 1.19. The average molecular weight is 711 g/mol. The molecule has 260 valence electrons. The summed E-state index contributed by atoms with van der Waals surface area (Å²) in [4.78, 5) is 10.5. The fourth-order valence-corrected chi connectivity index (χ4v) is 8.77. The van der Waals surface area contributed by atoms with Gasteiger partial charge in [0.25, 0.3) is 0 Å². The fraction of sp³-hybridized carbons (Fsp3) is 0. The maximum absolute atomic E-state index is 5.31. The Labute approximate surface area is 325 Å². The molecule has 0 saturated heterocycles. The van der Waals surface area contributed by atoms with Gasteiger partial charge in [-0.1, -0.05) is 200 Å². The highest BCUT2D eigenvalue weighted by molar-refractivity contribution is 6.29. The van der Waals surface area contributed by atoms with Gasteiger partial charge in [-0.05, 0) is 82.2 Å². The second kappa shape index (κ2) is 13.2. The highest BCUT2D eigenvalue weighted by Crippen LogP contribution is 2.48. The van der Waals surface area contributed by atoms with Crippen LogP contribution in [0.2, 0.25) is 0 Å². The van der Waals surface area contributed by atoms with Crippen LogP contribution in [0.3, 0.4) is 0 Å². The van der Waals surface area contributed by atoms with E-state index in [1.807, 2.05) is 6.07 Å². The van der Waals surface area contributed by atoms with Gasteiger partial charge in [0, 0.05) is 16.7 Å². The maximum Gasteiger partial charge on any atom is 0.160 e. The van der Waals surface area contributed by atoms with Crippen molar-refractivity contribution in [3.05, 3.63) is 206 Å². The lowest BCUT2D eigenvalue weighted by Crippen LogP contribution is -1.97. The summed E-state index contributed by atoms with van der Waals surface area (Å²) < 4.78 is 0. The summed E-state index contributed by atoms with van der Waals surface area (Å²) in [5, 5.41) is 12.2. The molecule has 0 amide bonds. The van der Waals surface area contributed by atoms with E-state index in [4.69, 9.17) is 9.97 Å². The predicted molar refractivity (Wildman–Crippen MR) is 237 cm³/mol. The third kappa shape index (κ3) is 5.19. The van der Waals surface area contributed by atoms with Crippen molar-refractivity contribution in [2.24, 2.45) is 0 Å². The lowest BCUT2D eigenvalue weighted by atomic mass is 9.82. The van der Waals surface area contributed by atoms with Crippen LogP contribution in [0, 0.1) is 0 Å². The van der Waals surface area contributed by atoms with Gasteiger partial charge < -0.3 is 0 Å². The largest absolute Gasteiger partial charge is 0.228 e. The quantitative estimate of drug-likeness (QED) is 0.131. The molecule has 10 aromatic carbocycles. The number of benzene rings is 10. The molecule has 56 heavy (non-hydrogen) atoms. The summed E-state index contributed by atoms with van der Waals surface area (Å²) in [6.45, 7) is 0. The molecule has 0 aliphatic rings. The zero-order valence-corrected chi connectivity index (χ0v) is 30.5. The predicted octanol–water partition coefficient (Wildman–Crippen LogP) is 14.6. The number of fused-ring (bicyclic) bond motifs is 6. The van der Waals surface area contributed by atoms with Crippen LogP contribution in [0.4, 0.5) is 0 Å². The van der Waals surface area contributed by atoms with Gasteiger partial charge in [0.1, 0.15) is 0 Å². The number of hydrogen-bond acceptors (Lipinski definition) is 2. The first-order chi connectivity index (χ1) is 27.8. The molecule has 1 heterocycles. The topological polar surface area (TPSA) is 25.8 Å². The van der Waals surface area contributed by atoms with E-state index in [0.29, 0.717) is 5.82 Å². The first kappa shape index (κ1) is 32.0. The normalized spacial score (nSPS) is 11.6. The fourth-order valence-electron chi connectivity index (χ4n) is 8.77. The van der Waals surface area contributed by atoms with Crippen molar-refractivity contribution in [1.29, 1.82) is 0 Å². The second-order valence-corrected chi connectivity index (χ2v) is 14.4. The Morgan fingerprint density at radius 1 is 0.268 bits per heavy atom. The third-order valence-electron chi connectivity index (χ3n) is 11.3. The molecule has 0 unspecified atom stereocenters. The van der Waals surface area contributed by atoms with Gasteiger partial charge in [-0.2, -0.15) is 0 Å². The van der Waals surface area contributed by atoms with Crippen LogP contribution in [-0.4, -0.2) is 9.97 Å². The third-order valence-corrected chi connectivity index (χ3v) is 11.3. The Hall–Kier alpha value is -7.42. The molecule has 2 heteroatoms. The van der Waals surface area contributed by atoms with Crippen LogP contribution in [0.1, 0.15) is 0 Å². The van der Waals surface area contributed by atoms with Gasteiger partial charge in [0.15, 0.2) is 5.82 Å². The van der Waals surface area contributed by atoms with Gasteiger partial charge >= 0.3 is 0 Å². The van der Waals surface area contributed by atoms with Crippen LogP contribution in [0.5, 0.6) is 0 Å². The molecule has 1 aromatic heterocycles. The summed E-state index contributed by atoms with van der Waals surface area (Å²) in [6.07, 6.45) is 0. The molecule has 0 spiro atoms. The molecule has 0 N–H and O–H groups in total. The Kier molecular flexibility index (Phi) is 7.53. The number of hydrogen-bond donors (Lipinski definition) is 0. The van der Waals surface area contributed by atoms with Crippen LogP contribution in [-0.2, 0) is 0 Å². The molecule has 0 fully saturated rings. The monoisotopic (exact) mass is 710 g/mol. The van der Waals surface area contributed by atoms with Crippen molar-refractivity contribution in [2.45, 2.75) is 0 Å². The number of nitrogens with zero attached hydrogens (tertiary/aromatic N) is 2. The highest BCUT2D eigenvalue weighted by atomic mass is 14.9. The summed E-state index contributed by atoms with van der Waals surface area (Å²) >= 11 is 0. The molecule has 0 bridgehead atoms. The first-order valence-electron chi connectivity index (χ1n) is 19.2. The molecular weight excluding hydrogens is 677 g/mol. The van der Waals surface area contributed by atoms with Gasteiger partial charge in [0.2, 0.25) is 0 Å². The van der Waals surface area contributed by atoms with Crippen molar-refractivity contribution in [3.8, 4) is 56.2 Å². The molecule has 0 atom stereocenters. The van der Waals surface area contributed by atoms with E-state index in [9.17, 15) is 0 Å². The van der Waals surface area contributed by atoms with Crippen LogP contribution in [0.25, 0.3) is 110 Å². The van der Waals surface area contributed by atoms with Crippen LogP contribution >= 0.6 is 0 Å². The highest BCUT2D eigenvalue weighted by Gasteiger charge is 2.21. The minimum atomic E-state index is 0.708. The van der Waals surface area contributed by atoms with E-state index in [-0.39, 0.29) is 0 Å². The standard InChI is InChI=1S/C54H34N2/c1-3-18-37(19-4-1)51-45-27-13-14-28-46(45)53(52-40-24-10-8-17-36(40)30-31-48(51)52)47-33-32-44(41-25-11-12-26-42(41)47)50-34-49(55-54(56-50)38-20-5-2-6-21-38)43-29-15-22-35-16-7-9-23-39(35)43/h1-34H. The van der Waals surface area contributed by atoms with Gasteiger partial charge in [-0.15, -0.1) is 0 Å². The Balaban J connectivity index is 1.22. The van der Waals surface area contributed by atoms with Crippen LogP contribution < -0.4 is 0 Å². The summed E-state index contributed by atoms with van der Waals surface area (Å²) in [7, 11) is 0. The lowest BCUT2D eigenvalue weighted by Gasteiger charge is -2.21. The zero-order valence-electron chi connectivity index (χ0n) is 30.5. The molecule has 0 saturated carbocycles. The van der Waals surface area contributed by atoms with E-state index in [2.05, 4.69) is 200 Å². The van der Waals surface area contributed by atoms with Gasteiger partial charge in [-0.25, -0.2) is 9.97 Å². The summed E-state index contributed by atoms with van der Waals surface area (Å²) in [5.74, 6) is 0.708. The van der Waals surface area contributed by atoms with Crippen molar-refractivity contribution in [3.63, 3.8) is 0 Å². The second-order valence-electron chi connectivity index (χ2n) is 14.4. The number of rotatable bonds is 5. The zero-order chi connectivity index (χ0) is 37.0. The van der Waals surface area contributed by atoms with E-state index in [1.54, 1.807) is 0 Å². The average Bonchev–Trinajstić information content (AvgIpc) is 3.28. The van der Waals surface area contributed by atoms with Gasteiger partial charge in [0.05, 0.1) is 11.4 Å². The molecule has 2 nitrogen and oxygen atoms in total. The van der Waals surface area contributed by atoms with E-state index in [1.165, 1.54) is 70.7 Å². The first-order valence-corrected chi connectivity index (χ1v) is 19.2. The molecule has 0 radical (unpaired) electrons. The smallest absolute Gasteiger partial charge is 0.160 e. The summed E-state index contributed by atoms with van der Waals surface area (Å²) in [5.41, 5.74) is 9.88. The summed E-state index contributed by atoms with van der Waals surface area (Å²) in [6, 6.07) is 74.1. The number of aromatic nitrogens is 2. The Morgan fingerprint density at radius 2 is 0.750 bits per heavy atom. The maximum atomic E-state index is 5.31. The van der Waals surface area contributed by atoms with Crippen molar-refractivity contribution >= 4 is 53.9 Å². The molecule has 11 rings (SSSR count). The van der Waals surface area contributed by atoms with Crippen molar-refractivity contribution in [1.82, 2.24) is 9.97 Å². The van der Waals surface area contributed by atoms with E-state index in [0.717, 1.165) is 33.5 Å². The minimum absolute atomic E-state index is 0.708. The van der Waals surface area contributed by atoms with E-state index >= 15 is 0 Å². The van der Waals surface area contributed by atoms with Gasteiger partial charge in [-0.3, -0.25) is 0 Å². The minimum Gasteiger partial charge on any atom is -0.228 e. The molecule has 11 aromatic rings. The molecular formula is C54H34N2. The molecule has 0 aliphatic carbocycles. The Morgan fingerprint density at radius 3 is 1.45 bits per heavy atom. The van der Waals surface area contributed by atoms with Crippen LogP contribution in [0.15, 0.2) is 206 Å². The molecule has 0 aliphatic heterocycles. The SMILES string of the molecule is c1ccc(-c2nc(-c3cccc4ccccc34)cc(-c3ccc(-c4c5ccccc5c(-c5ccccc5)c5ccc6ccccc6c45)c4ccccc34)n2)cc1. The van der Waals surface area contributed by atoms with E-state index < -0.39 is 0 Å².